The van der Waals surface area contributed by atoms with Gasteiger partial charge in [0.15, 0.2) is 0 Å². The third-order valence-electron chi connectivity index (χ3n) is 0. The van der Waals surface area contributed by atoms with Crippen molar-refractivity contribution in [2.45, 2.75) is 0 Å². The van der Waals surface area contributed by atoms with E-state index < -0.39 is 10.1 Å². The monoisotopic (exact) mass is 204 g/mol. The van der Waals surface area contributed by atoms with E-state index in [1.807, 2.05) is 0 Å². The standard InChI is InChI=1S/CH4O3S.F.Y/c1-5(2,3)4;;/h1H3,(H,2,3,4);;. The molecule has 0 heterocycles. The summed E-state index contributed by atoms with van der Waals surface area (Å²) in [4.78, 5) is 0. The summed E-state index contributed by atoms with van der Waals surface area (Å²) < 4.78 is 25.9. The molecular formula is CH4FO3SY. The molecule has 0 aliphatic carbocycles. The second kappa shape index (κ2) is 5.09. The molecular weight excluding hydrogens is 200 g/mol. The van der Waals surface area contributed by atoms with Gasteiger partial charge in [-0.15, -0.1) is 0 Å². The summed E-state index contributed by atoms with van der Waals surface area (Å²) in [6.07, 6.45) is 0.715. The molecule has 3 nitrogen and oxygen atoms in total. The van der Waals surface area contributed by atoms with Crippen LogP contribution in [0.5, 0.6) is 0 Å². The molecule has 0 fully saturated rings. The summed E-state index contributed by atoms with van der Waals surface area (Å²) in [5.41, 5.74) is 0. The number of hydrogen-bond acceptors (Lipinski definition) is 2. The van der Waals surface area contributed by atoms with Gasteiger partial charge >= 0.3 is 0 Å². The van der Waals surface area contributed by atoms with Crippen molar-refractivity contribution in [2.24, 2.45) is 0 Å². The fourth-order valence-corrected chi connectivity index (χ4v) is 0. The molecule has 6 heteroatoms. The average molecular weight is 204 g/mol. The van der Waals surface area contributed by atoms with Crippen LogP contribution in [0.3, 0.4) is 0 Å². The van der Waals surface area contributed by atoms with Gasteiger partial charge in [-0.25, -0.2) is 0 Å². The fraction of sp³-hybridized carbons (Fsp3) is 1.00. The molecule has 0 unspecified atom stereocenters. The van der Waals surface area contributed by atoms with Crippen LogP contribution in [0, 0.1) is 0 Å². The first-order valence-electron chi connectivity index (χ1n) is 0.924. The average Bonchev–Trinajstić information content (AvgIpc) is 0.722. The smallest absolute Gasteiger partial charge is 0.261 e. The van der Waals surface area contributed by atoms with E-state index in [2.05, 4.69) is 0 Å². The summed E-state index contributed by atoms with van der Waals surface area (Å²) in [5.74, 6) is 0. The van der Waals surface area contributed by atoms with E-state index >= 15 is 0 Å². The Morgan fingerprint density at radius 1 is 1.43 bits per heavy atom. The topological polar surface area (TPSA) is 54.4 Å². The van der Waals surface area contributed by atoms with Crippen LogP contribution in [-0.4, -0.2) is 19.2 Å². The Balaban J connectivity index is -0.0000000800. The minimum Gasteiger partial charge on any atom is -0.286 e. The van der Waals surface area contributed by atoms with Gasteiger partial charge in [0.05, 0.1) is 6.26 Å². The molecule has 42 valence electrons. The fourth-order valence-electron chi connectivity index (χ4n) is 0. The molecule has 0 saturated heterocycles. The predicted octanol–water partition coefficient (Wildman–Crippen LogP) is -0.0783. The van der Waals surface area contributed by atoms with Crippen molar-refractivity contribution in [3.63, 3.8) is 0 Å². The van der Waals surface area contributed by atoms with Gasteiger partial charge in [-0.05, 0) is 0 Å². The van der Waals surface area contributed by atoms with E-state index in [-0.39, 0.29) is 37.4 Å². The molecule has 7 heavy (non-hydrogen) atoms. The molecule has 2 radical (unpaired) electrons. The van der Waals surface area contributed by atoms with Crippen molar-refractivity contribution in [1.29, 1.82) is 0 Å². The number of halogens is 1. The largest absolute Gasteiger partial charge is 0.286 e. The Labute approximate surface area is 66.5 Å². The zero-order valence-corrected chi connectivity index (χ0v) is 7.28. The first-order chi connectivity index (χ1) is 2.00. The van der Waals surface area contributed by atoms with Gasteiger partial charge in [0.25, 0.3) is 10.1 Å². The van der Waals surface area contributed by atoms with Crippen LogP contribution < -0.4 is 0 Å². The first kappa shape index (κ1) is 15.7. The zero-order chi connectivity index (χ0) is 4.50. The maximum absolute atomic E-state index is 9.19. The van der Waals surface area contributed by atoms with Crippen molar-refractivity contribution in [3.8, 4) is 0 Å². The maximum atomic E-state index is 9.19. The Morgan fingerprint density at radius 3 is 1.43 bits per heavy atom. The van der Waals surface area contributed by atoms with Gasteiger partial charge in [0, 0.05) is 37.4 Å². The molecule has 0 aliphatic heterocycles. The van der Waals surface area contributed by atoms with Crippen LogP contribution >= 0.6 is 0 Å². The predicted molar refractivity (Wildman–Crippen MR) is 18.6 cm³/mol. The SMILES string of the molecule is CS(=O)(=O)O.[F].[Y]. The zero-order valence-electron chi connectivity index (χ0n) is 3.63. The summed E-state index contributed by atoms with van der Waals surface area (Å²) >= 11 is 0. The second-order valence-electron chi connectivity index (χ2n) is 0.733. The van der Waals surface area contributed by atoms with Crippen molar-refractivity contribution in [2.75, 3.05) is 6.26 Å². The van der Waals surface area contributed by atoms with Gasteiger partial charge in [-0.2, -0.15) is 8.42 Å². The number of hydrogen-bond donors (Lipinski definition) is 1. The molecule has 0 saturated carbocycles. The maximum Gasteiger partial charge on any atom is 0.261 e. The van der Waals surface area contributed by atoms with Gasteiger partial charge < -0.3 is 0 Å². The minimum absolute atomic E-state index is 0. The van der Waals surface area contributed by atoms with E-state index in [1.54, 1.807) is 0 Å². The Morgan fingerprint density at radius 2 is 1.43 bits per heavy atom. The molecule has 0 bridgehead atoms. The van der Waals surface area contributed by atoms with Crippen molar-refractivity contribution < 1.29 is 50.4 Å². The normalized spacial score (nSPS) is 8.29. The molecule has 0 rings (SSSR count). The van der Waals surface area contributed by atoms with Crippen molar-refractivity contribution in [1.82, 2.24) is 0 Å². The molecule has 0 amide bonds. The van der Waals surface area contributed by atoms with Gasteiger partial charge in [-0.3, -0.25) is 4.55 Å². The summed E-state index contributed by atoms with van der Waals surface area (Å²) in [5, 5.41) is 0. The second-order valence-corrected chi connectivity index (χ2v) is 2.20. The van der Waals surface area contributed by atoms with Crippen molar-refractivity contribution in [3.05, 3.63) is 0 Å². The van der Waals surface area contributed by atoms with Crippen LogP contribution in [0.2, 0.25) is 0 Å². The van der Waals surface area contributed by atoms with Gasteiger partial charge in [-0.1, -0.05) is 0 Å². The van der Waals surface area contributed by atoms with E-state index in [1.165, 1.54) is 0 Å². The van der Waals surface area contributed by atoms with Gasteiger partial charge in [0.2, 0.25) is 0 Å². The quantitative estimate of drug-likeness (QED) is 0.561. The van der Waals surface area contributed by atoms with E-state index in [9.17, 15) is 8.42 Å². The third-order valence-corrected chi connectivity index (χ3v) is 0. The molecule has 0 spiro atoms. The molecule has 0 aromatic heterocycles. The Bertz CT molecular complexity index is 98.1. The molecule has 0 aromatic rings. The van der Waals surface area contributed by atoms with E-state index in [4.69, 9.17) is 4.55 Å². The summed E-state index contributed by atoms with van der Waals surface area (Å²) in [6.45, 7) is 0. The van der Waals surface area contributed by atoms with E-state index in [0.717, 1.165) is 0 Å². The summed E-state index contributed by atoms with van der Waals surface area (Å²) in [7, 11) is -3.67. The van der Waals surface area contributed by atoms with Crippen LogP contribution in [-0.2, 0) is 42.8 Å². The van der Waals surface area contributed by atoms with Crippen LogP contribution in [0.1, 0.15) is 0 Å². The van der Waals surface area contributed by atoms with E-state index in [0.29, 0.717) is 6.26 Å². The van der Waals surface area contributed by atoms with Crippen LogP contribution in [0.4, 0.5) is 4.70 Å². The molecule has 0 atom stereocenters. The molecule has 0 aliphatic rings. The Kier molecular flexibility index (Phi) is 11.4. The summed E-state index contributed by atoms with van der Waals surface area (Å²) in [6, 6.07) is 0. The first-order valence-corrected chi connectivity index (χ1v) is 2.77. The molecule has 1 N–H and O–H groups in total. The number of rotatable bonds is 0. The van der Waals surface area contributed by atoms with Crippen LogP contribution in [0.15, 0.2) is 0 Å². The van der Waals surface area contributed by atoms with Crippen molar-refractivity contribution >= 4 is 10.1 Å². The Hall–Kier alpha value is 0.944. The third kappa shape index (κ3) is 190. The molecule has 0 aromatic carbocycles. The van der Waals surface area contributed by atoms with Crippen LogP contribution in [0.25, 0.3) is 0 Å². The minimum atomic E-state index is -3.67. The van der Waals surface area contributed by atoms with Gasteiger partial charge in [0.1, 0.15) is 0 Å².